The highest BCUT2D eigenvalue weighted by Gasteiger charge is 2.32. The number of carbonyl (C=O) groups excluding carboxylic acids is 1. The Kier molecular flexibility index (Phi) is 3.30. The fourth-order valence-corrected chi connectivity index (χ4v) is 2.48. The average molecular weight is 275 g/mol. The van der Waals surface area contributed by atoms with E-state index >= 15 is 0 Å². The first-order valence-electron chi connectivity index (χ1n) is 7.10. The van der Waals surface area contributed by atoms with E-state index in [1.165, 1.54) is 0 Å². The van der Waals surface area contributed by atoms with Crippen LogP contribution in [0.25, 0.3) is 0 Å². The molecule has 1 saturated heterocycles. The van der Waals surface area contributed by atoms with Crippen LogP contribution in [0.15, 0.2) is 18.2 Å². The maximum atomic E-state index is 12.2. The molecule has 3 rings (SSSR count). The molecule has 5 nitrogen and oxygen atoms in total. The molecular weight excluding hydrogens is 254 g/mol. The van der Waals surface area contributed by atoms with Crippen molar-refractivity contribution in [2.24, 2.45) is 5.41 Å². The molecule has 2 N–H and O–H groups in total. The molecule has 1 aromatic rings. The van der Waals surface area contributed by atoms with Gasteiger partial charge in [0.05, 0.1) is 11.1 Å². The van der Waals surface area contributed by atoms with Crippen LogP contribution in [0, 0.1) is 5.41 Å². The van der Waals surface area contributed by atoms with Crippen molar-refractivity contribution in [2.75, 3.05) is 43.0 Å². The number of carbonyl (C=O) groups is 1. The Balaban J connectivity index is 1.87. The zero-order chi connectivity index (χ0) is 14.2. The summed E-state index contributed by atoms with van der Waals surface area (Å²) < 4.78 is 5.76. The van der Waals surface area contributed by atoms with Crippen LogP contribution in [0.3, 0.4) is 0 Å². The van der Waals surface area contributed by atoms with E-state index in [2.05, 4.69) is 21.6 Å². The third-order valence-electron chi connectivity index (χ3n) is 3.90. The molecule has 0 saturated carbocycles. The number of ether oxygens (including phenoxy) is 1. The molecule has 1 amide bonds. The molecule has 20 heavy (non-hydrogen) atoms. The van der Waals surface area contributed by atoms with Crippen molar-refractivity contribution in [1.29, 1.82) is 0 Å². The fraction of sp³-hybridized carbons (Fsp3) is 0.533. The van der Waals surface area contributed by atoms with Gasteiger partial charge in [-0.3, -0.25) is 4.79 Å². The van der Waals surface area contributed by atoms with Gasteiger partial charge in [-0.15, -0.1) is 0 Å². The van der Waals surface area contributed by atoms with E-state index in [1.54, 1.807) is 0 Å². The summed E-state index contributed by atoms with van der Waals surface area (Å²) in [7, 11) is 0. The second kappa shape index (κ2) is 4.98. The van der Waals surface area contributed by atoms with E-state index in [0.717, 1.165) is 43.3 Å². The van der Waals surface area contributed by atoms with Gasteiger partial charge in [0, 0.05) is 31.9 Å². The average Bonchev–Trinajstić information content (AvgIpc) is 2.57. The number of fused-ring (bicyclic) bond motifs is 1. The Morgan fingerprint density at radius 2 is 2.00 bits per heavy atom. The van der Waals surface area contributed by atoms with Crippen LogP contribution >= 0.6 is 0 Å². The smallest absolute Gasteiger partial charge is 0.233 e. The topological polar surface area (TPSA) is 53.6 Å². The van der Waals surface area contributed by atoms with Crippen LogP contribution in [-0.4, -0.2) is 38.7 Å². The highest BCUT2D eigenvalue weighted by atomic mass is 16.5. The van der Waals surface area contributed by atoms with Crippen LogP contribution in [-0.2, 0) is 4.79 Å². The number of nitrogens with zero attached hydrogens (tertiary/aromatic N) is 1. The third-order valence-corrected chi connectivity index (χ3v) is 3.90. The van der Waals surface area contributed by atoms with Gasteiger partial charge < -0.3 is 20.3 Å². The van der Waals surface area contributed by atoms with E-state index in [1.807, 2.05) is 26.0 Å². The van der Waals surface area contributed by atoms with Gasteiger partial charge in [0.1, 0.15) is 12.4 Å². The number of nitrogens with one attached hydrogen (secondary N) is 2. The van der Waals surface area contributed by atoms with Gasteiger partial charge in [-0.1, -0.05) is 0 Å². The third kappa shape index (κ3) is 2.45. The zero-order valence-electron chi connectivity index (χ0n) is 12.0. The highest BCUT2D eigenvalue weighted by molar-refractivity contribution is 5.97. The van der Waals surface area contributed by atoms with E-state index < -0.39 is 5.41 Å². The molecule has 2 aliphatic rings. The van der Waals surface area contributed by atoms with Gasteiger partial charge >= 0.3 is 0 Å². The molecule has 0 aromatic heterocycles. The second-order valence-corrected chi connectivity index (χ2v) is 6.04. The highest BCUT2D eigenvalue weighted by Crippen LogP contribution is 2.35. The number of anilines is 2. The quantitative estimate of drug-likeness (QED) is 0.814. The Morgan fingerprint density at radius 1 is 1.25 bits per heavy atom. The zero-order valence-corrected chi connectivity index (χ0v) is 12.0. The standard InChI is InChI=1S/C15H21N3O2/c1-15(2)10-20-13-4-3-11(9-12(13)17-14(15)19)18-7-5-16-6-8-18/h3-4,9,16H,5-8,10H2,1-2H3,(H,17,19). The molecule has 1 aromatic carbocycles. The Morgan fingerprint density at radius 3 is 2.75 bits per heavy atom. The van der Waals surface area contributed by atoms with E-state index in [0.29, 0.717) is 6.61 Å². The Hall–Kier alpha value is -1.75. The number of hydrogen-bond donors (Lipinski definition) is 2. The van der Waals surface area contributed by atoms with Crippen LogP contribution in [0.4, 0.5) is 11.4 Å². The Labute approximate surface area is 119 Å². The van der Waals surface area contributed by atoms with Crippen molar-refractivity contribution in [2.45, 2.75) is 13.8 Å². The molecule has 0 atom stereocenters. The lowest BCUT2D eigenvalue weighted by Gasteiger charge is -2.29. The molecule has 5 heteroatoms. The summed E-state index contributed by atoms with van der Waals surface area (Å²) in [5, 5.41) is 6.32. The minimum absolute atomic E-state index is 0.00807. The van der Waals surface area contributed by atoms with Gasteiger partial charge in [0.2, 0.25) is 5.91 Å². The predicted octanol–water partition coefficient (Wildman–Crippen LogP) is 1.45. The molecule has 0 bridgehead atoms. The minimum atomic E-state index is -0.506. The summed E-state index contributed by atoms with van der Waals surface area (Å²) >= 11 is 0. The molecular formula is C15H21N3O2. The van der Waals surface area contributed by atoms with Crippen LogP contribution in [0.5, 0.6) is 5.75 Å². The lowest BCUT2D eigenvalue weighted by molar-refractivity contribution is -0.124. The number of hydrogen-bond acceptors (Lipinski definition) is 4. The summed E-state index contributed by atoms with van der Waals surface area (Å²) in [4.78, 5) is 14.5. The molecule has 108 valence electrons. The van der Waals surface area contributed by atoms with Crippen LogP contribution < -0.4 is 20.3 Å². The summed E-state index contributed by atoms with van der Waals surface area (Å²) in [5.74, 6) is 0.761. The largest absolute Gasteiger partial charge is 0.490 e. The predicted molar refractivity (Wildman–Crippen MR) is 79.4 cm³/mol. The number of benzene rings is 1. The maximum absolute atomic E-state index is 12.2. The minimum Gasteiger partial charge on any atom is -0.490 e. The molecule has 2 aliphatic heterocycles. The lowest BCUT2D eigenvalue weighted by Crippen LogP contribution is -2.43. The van der Waals surface area contributed by atoms with Gasteiger partial charge in [-0.25, -0.2) is 0 Å². The number of piperazine rings is 1. The molecule has 0 radical (unpaired) electrons. The summed E-state index contributed by atoms with van der Waals surface area (Å²) in [6.45, 7) is 8.15. The molecule has 2 heterocycles. The number of amides is 1. The van der Waals surface area contributed by atoms with Crippen LogP contribution in [0.2, 0.25) is 0 Å². The van der Waals surface area contributed by atoms with E-state index in [-0.39, 0.29) is 5.91 Å². The van der Waals surface area contributed by atoms with Gasteiger partial charge in [0.15, 0.2) is 0 Å². The monoisotopic (exact) mass is 275 g/mol. The number of rotatable bonds is 1. The SMILES string of the molecule is CC1(C)COc2ccc(N3CCNCC3)cc2NC1=O. The molecule has 1 fully saturated rings. The van der Waals surface area contributed by atoms with E-state index in [4.69, 9.17) is 4.74 Å². The van der Waals surface area contributed by atoms with Crippen molar-refractivity contribution in [3.63, 3.8) is 0 Å². The van der Waals surface area contributed by atoms with Gasteiger partial charge in [-0.2, -0.15) is 0 Å². The van der Waals surface area contributed by atoms with Crippen molar-refractivity contribution < 1.29 is 9.53 Å². The first-order chi connectivity index (χ1) is 9.56. The first-order valence-corrected chi connectivity index (χ1v) is 7.10. The first kappa shape index (κ1) is 13.2. The maximum Gasteiger partial charge on any atom is 0.233 e. The summed E-state index contributed by atoms with van der Waals surface area (Å²) in [6.07, 6.45) is 0. The second-order valence-electron chi connectivity index (χ2n) is 6.04. The van der Waals surface area contributed by atoms with Gasteiger partial charge in [-0.05, 0) is 32.0 Å². The van der Waals surface area contributed by atoms with Crippen molar-refractivity contribution in [1.82, 2.24) is 5.32 Å². The summed E-state index contributed by atoms with van der Waals surface area (Å²) in [6, 6.07) is 6.03. The normalized spacial score (nSPS) is 21.5. The van der Waals surface area contributed by atoms with Crippen LogP contribution in [0.1, 0.15) is 13.8 Å². The van der Waals surface area contributed by atoms with Crippen molar-refractivity contribution in [3.05, 3.63) is 18.2 Å². The molecule has 0 spiro atoms. The summed E-state index contributed by atoms with van der Waals surface area (Å²) in [5.41, 5.74) is 1.40. The Bertz CT molecular complexity index is 522. The van der Waals surface area contributed by atoms with Gasteiger partial charge in [0.25, 0.3) is 0 Å². The molecule has 0 aliphatic carbocycles. The van der Waals surface area contributed by atoms with Crippen molar-refractivity contribution >= 4 is 17.3 Å². The fourth-order valence-electron chi connectivity index (χ4n) is 2.48. The van der Waals surface area contributed by atoms with Crippen molar-refractivity contribution in [3.8, 4) is 5.75 Å². The van der Waals surface area contributed by atoms with E-state index in [9.17, 15) is 4.79 Å². The molecule has 0 unspecified atom stereocenters. The lowest BCUT2D eigenvalue weighted by atomic mass is 9.94.